The third-order valence-corrected chi connectivity index (χ3v) is 5.76. The first-order chi connectivity index (χ1) is 10.0. The SMILES string of the molecule is CCN(C(=O)c1[c-]cccc1[Si](C)(C)C)C(OC)C(C)(C)C.[Li+]. The van der Waals surface area contributed by atoms with Gasteiger partial charge in [0.05, 0.1) is 0 Å². The molecule has 0 saturated carbocycles. The fourth-order valence-corrected chi connectivity index (χ4v) is 4.27. The van der Waals surface area contributed by atoms with Crippen LogP contribution in [0.15, 0.2) is 18.2 Å². The van der Waals surface area contributed by atoms with Gasteiger partial charge in [-0.2, -0.15) is 0 Å². The van der Waals surface area contributed by atoms with Gasteiger partial charge in [0.25, 0.3) is 0 Å². The molecule has 1 atom stereocenters. The van der Waals surface area contributed by atoms with E-state index in [4.69, 9.17) is 4.74 Å². The molecule has 1 unspecified atom stereocenters. The van der Waals surface area contributed by atoms with Gasteiger partial charge < -0.3 is 14.4 Å². The van der Waals surface area contributed by atoms with Crippen LogP contribution in [0.1, 0.15) is 38.1 Å². The predicted molar refractivity (Wildman–Crippen MR) is 95.2 cm³/mol. The van der Waals surface area contributed by atoms with Gasteiger partial charge in [-0.15, -0.1) is 29.5 Å². The number of amides is 1. The fraction of sp³-hybridized carbons (Fsp3) is 0.611. The molecular formula is C18H30LiNO2Si. The molecule has 0 aliphatic carbocycles. The monoisotopic (exact) mass is 327 g/mol. The van der Waals surface area contributed by atoms with E-state index in [0.29, 0.717) is 12.1 Å². The van der Waals surface area contributed by atoms with Crippen molar-refractivity contribution in [2.75, 3.05) is 13.7 Å². The summed E-state index contributed by atoms with van der Waals surface area (Å²) in [5, 5.41) is 1.15. The van der Waals surface area contributed by atoms with Crippen LogP contribution in [0.5, 0.6) is 0 Å². The summed E-state index contributed by atoms with van der Waals surface area (Å²) in [6.45, 7) is 15.6. The zero-order valence-corrected chi connectivity index (χ0v) is 17.3. The molecule has 0 spiro atoms. The molecule has 0 fully saturated rings. The molecule has 0 radical (unpaired) electrons. The number of hydrogen-bond acceptors (Lipinski definition) is 2. The molecule has 1 aromatic rings. The molecule has 0 aliphatic heterocycles. The maximum Gasteiger partial charge on any atom is 1.00 e. The number of hydrogen-bond donors (Lipinski definition) is 0. The summed E-state index contributed by atoms with van der Waals surface area (Å²) in [6, 6.07) is 9.04. The Labute approximate surface area is 155 Å². The first-order valence-corrected chi connectivity index (χ1v) is 11.4. The Morgan fingerprint density at radius 1 is 1.35 bits per heavy atom. The van der Waals surface area contributed by atoms with Gasteiger partial charge in [-0.25, -0.2) is 0 Å². The number of methoxy groups -OCH3 is 1. The van der Waals surface area contributed by atoms with E-state index in [0.717, 1.165) is 5.19 Å². The molecule has 0 bridgehead atoms. The molecule has 3 nitrogen and oxygen atoms in total. The summed E-state index contributed by atoms with van der Waals surface area (Å²) in [7, 11) is 0.0570. The van der Waals surface area contributed by atoms with E-state index in [2.05, 4.69) is 52.5 Å². The van der Waals surface area contributed by atoms with E-state index in [1.54, 1.807) is 7.11 Å². The van der Waals surface area contributed by atoms with Gasteiger partial charge in [0, 0.05) is 27.1 Å². The first kappa shape index (κ1) is 22.5. The van der Waals surface area contributed by atoms with Crippen LogP contribution in [-0.4, -0.2) is 38.8 Å². The van der Waals surface area contributed by atoms with Crippen LogP contribution in [0.25, 0.3) is 0 Å². The van der Waals surface area contributed by atoms with Crippen molar-refractivity contribution in [3.8, 4) is 0 Å². The zero-order valence-electron chi connectivity index (χ0n) is 16.3. The van der Waals surface area contributed by atoms with Crippen LogP contribution in [0.4, 0.5) is 0 Å². The Morgan fingerprint density at radius 2 is 1.91 bits per heavy atom. The van der Waals surface area contributed by atoms with E-state index in [-0.39, 0.29) is 36.4 Å². The second-order valence-corrected chi connectivity index (χ2v) is 12.8. The number of benzene rings is 1. The maximum atomic E-state index is 13.1. The van der Waals surface area contributed by atoms with Crippen molar-refractivity contribution in [3.63, 3.8) is 0 Å². The van der Waals surface area contributed by atoms with Crippen LogP contribution in [-0.2, 0) is 4.74 Å². The van der Waals surface area contributed by atoms with Gasteiger partial charge in [-0.1, -0.05) is 46.0 Å². The molecule has 5 heteroatoms. The fourth-order valence-electron chi connectivity index (χ4n) is 2.75. The predicted octanol–water partition coefficient (Wildman–Crippen LogP) is 0.517. The van der Waals surface area contributed by atoms with Gasteiger partial charge in [-0.05, 0) is 6.92 Å². The van der Waals surface area contributed by atoms with Crippen molar-refractivity contribution >= 4 is 19.2 Å². The van der Waals surface area contributed by atoms with Gasteiger partial charge >= 0.3 is 18.9 Å². The van der Waals surface area contributed by atoms with Crippen molar-refractivity contribution in [3.05, 3.63) is 29.8 Å². The van der Waals surface area contributed by atoms with Gasteiger partial charge in [-0.3, -0.25) is 0 Å². The van der Waals surface area contributed by atoms with Gasteiger partial charge in [0.1, 0.15) is 6.23 Å². The molecule has 0 aliphatic rings. The Bertz CT molecular complexity index is 520. The average molecular weight is 327 g/mol. The zero-order chi connectivity index (χ0) is 17.1. The summed E-state index contributed by atoms with van der Waals surface area (Å²) < 4.78 is 5.64. The standard InChI is InChI=1S/C18H30NO2Si.Li/c1-9-19(17(21-5)18(2,3)4)16(20)14-12-10-11-13-15(14)22(6,7)8;/h10-11,13,17H,9H2,1-8H3;/q-1;+1. The van der Waals surface area contributed by atoms with Crippen LogP contribution >= 0.6 is 0 Å². The Morgan fingerprint density at radius 3 is 2.30 bits per heavy atom. The van der Waals surface area contributed by atoms with Crippen LogP contribution in [0, 0.1) is 11.5 Å². The summed E-state index contributed by atoms with van der Waals surface area (Å²) in [5.74, 6) is 0.0160. The van der Waals surface area contributed by atoms with Crippen LogP contribution in [0.2, 0.25) is 19.6 Å². The third-order valence-electron chi connectivity index (χ3n) is 3.73. The minimum Gasteiger partial charge on any atom is -0.362 e. The largest absolute Gasteiger partial charge is 1.00 e. The van der Waals surface area contributed by atoms with E-state index < -0.39 is 8.07 Å². The van der Waals surface area contributed by atoms with E-state index >= 15 is 0 Å². The maximum absolute atomic E-state index is 13.1. The molecule has 1 aromatic carbocycles. The van der Waals surface area contributed by atoms with E-state index in [1.165, 1.54) is 0 Å². The van der Waals surface area contributed by atoms with Crippen molar-refractivity contribution in [2.45, 2.75) is 53.6 Å². The molecule has 0 saturated heterocycles. The van der Waals surface area contributed by atoms with Crippen molar-refractivity contribution in [2.24, 2.45) is 5.41 Å². The summed E-state index contributed by atoms with van der Waals surface area (Å²) in [4.78, 5) is 14.9. The van der Waals surface area contributed by atoms with Gasteiger partial charge in [0.15, 0.2) is 5.91 Å². The smallest absolute Gasteiger partial charge is 0.362 e. The third kappa shape index (κ3) is 5.50. The molecule has 23 heavy (non-hydrogen) atoms. The molecule has 124 valence electrons. The normalized spacial score (nSPS) is 13.2. The minimum atomic E-state index is -1.61. The number of carbonyl (C=O) groups excluding carboxylic acids is 1. The molecule has 1 amide bonds. The van der Waals surface area contributed by atoms with Crippen LogP contribution < -0.4 is 24.0 Å². The Balaban J connectivity index is 0.00000484. The summed E-state index contributed by atoms with van der Waals surface area (Å²) in [6.07, 6.45) is -0.256. The Hall–Kier alpha value is -0.536. The second-order valence-electron chi connectivity index (χ2n) is 7.75. The first-order valence-electron chi connectivity index (χ1n) is 7.89. The van der Waals surface area contributed by atoms with Crippen molar-refractivity contribution in [1.82, 2.24) is 4.90 Å². The Kier molecular flexibility index (Phi) is 8.33. The summed E-state index contributed by atoms with van der Waals surface area (Å²) in [5.41, 5.74) is 0.559. The van der Waals surface area contributed by atoms with Crippen LogP contribution in [0.3, 0.4) is 0 Å². The molecule has 0 heterocycles. The van der Waals surface area contributed by atoms with E-state index in [9.17, 15) is 4.79 Å². The number of ether oxygens (including phenoxy) is 1. The van der Waals surface area contributed by atoms with E-state index in [1.807, 2.05) is 24.0 Å². The number of carbonyl (C=O) groups is 1. The summed E-state index contributed by atoms with van der Waals surface area (Å²) >= 11 is 0. The molecule has 0 aromatic heterocycles. The molecule has 0 N–H and O–H groups in total. The second kappa shape index (κ2) is 8.53. The van der Waals surface area contributed by atoms with Crippen molar-refractivity contribution < 1.29 is 28.4 Å². The quantitative estimate of drug-likeness (QED) is 0.448. The molecular weight excluding hydrogens is 297 g/mol. The molecule has 1 rings (SSSR count). The minimum absolute atomic E-state index is 0. The number of rotatable bonds is 5. The van der Waals surface area contributed by atoms with Crippen molar-refractivity contribution in [1.29, 1.82) is 0 Å². The number of nitrogens with zero attached hydrogens (tertiary/aromatic N) is 1. The van der Waals surface area contributed by atoms with Gasteiger partial charge in [0.2, 0.25) is 0 Å². The topological polar surface area (TPSA) is 29.5 Å². The average Bonchev–Trinajstić information content (AvgIpc) is 2.41.